The van der Waals surface area contributed by atoms with Crippen molar-refractivity contribution < 1.29 is 9.47 Å². The number of fused-ring (bicyclic) bond motifs is 1. The molecule has 1 radical (unpaired) electrons. The topological polar surface area (TPSA) is 18.5 Å². The second-order valence-corrected chi connectivity index (χ2v) is 7.12. The lowest BCUT2D eigenvalue weighted by Crippen LogP contribution is -1.93. The zero-order valence-electron chi connectivity index (χ0n) is 14.1. The molecule has 3 heteroatoms. The Bertz CT molecular complexity index is 861. The van der Waals surface area contributed by atoms with E-state index in [1.54, 1.807) is 0 Å². The first-order valence-electron chi connectivity index (χ1n) is 8.47. The smallest absolute Gasteiger partial charge is 0.231 e. The summed E-state index contributed by atoms with van der Waals surface area (Å²) in [6.07, 6.45) is 1.07. The number of rotatable bonds is 5. The second-order valence-electron chi connectivity index (χ2n) is 5.91. The van der Waals surface area contributed by atoms with Crippen LogP contribution in [0.4, 0.5) is 0 Å². The lowest BCUT2D eigenvalue weighted by Gasteiger charge is -2.17. The van der Waals surface area contributed by atoms with Gasteiger partial charge in [0.2, 0.25) is 6.79 Å². The molecule has 0 amide bonds. The molecule has 0 saturated carbocycles. The molecular formula is C22H19O2S. The van der Waals surface area contributed by atoms with E-state index in [0.717, 1.165) is 28.4 Å². The molecule has 1 aliphatic rings. The van der Waals surface area contributed by atoms with Crippen LogP contribution in [0.25, 0.3) is 11.1 Å². The minimum absolute atomic E-state index is 0.299. The fourth-order valence-corrected chi connectivity index (χ4v) is 4.20. The lowest BCUT2D eigenvalue weighted by atomic mass is 10.1. The number of hydrogen-bond acceptors (Lipinski definition) is 3. The predicted molar refractivity (Wildman–Crippen MR) is 102 cm³/mol. The zero-order chi connectivity index (χ0) is 17.1. The van der Waals surface area contributed by atoms with E-state index in [9.17, 15) is 0 Å². The number of thioether (sulfide) groups is 1. The van der Waals surface area contributed by atoms with Crippen LogP contribution in [0.2, 0.25) is 0 Å². The fourth-order valence-electron chi connectivity index (χ4n) is 3.01. The predicted octanol–water partition coefficient (Wildman–Crippen LogP) is 6.13. The van der Waals surface area contributed by atoms with Crippen molar-refractivity contribution in [3.05, 3.63) is 78.4 Å². The third-order valence-corrected chi connectivity index (χ3v) is 5.77. The van der Waals surface area contributed by atoms with Gasteiger partial charge >= 0.3 is 0 Å². The lowest BCUT2D eigenvalue weighted by molar-refractivity contribution is 0.174. The van der Waals surface area contributed by atoms with Gasteiger partial charge in [0.15, 0.2) is 11.5 Å². The van der Waals surface area contributed by atoms with Crippen LogP contribution in [0.5, 0.6) is 11.5 Å². The molecule has 0 spiro atoms. The molecule has 4 rings (SSSR count). The summed E-state index contributed by atoms with van der Waals surface area (Å²) < 4.78 is 11.0. The molecule has 0 fully saturated rings. The monoisotopic (exact) mass is 347 g/mol. The summed E-state index contributed by atoms with van der Waals surface area (Å²) in [5.74, 6) is 1.63. The van der Waals surface area contributed by atoms with Crippen LogP contribution in [0, 0.1) is 6.07 Å². The van der Waals surface area contributed by atoms with Crippen molar-refractivity contribution >= 4 is 11.8 Å². The molecule has 3 aromatic carbocycles. The summed E-state index contributed by atoms with van der Waals surface area (Å²) in [5.41, 5.74) is 3.66. The van der Waals surface area contributed by atoms with Crippen LogP contribution >= 0.6 is 11.8 Å². The van der Waals surface area contributed by atoms with Crippen LogP contribution in [0.15, 0.2) is 71.6 Å². The Labute approximate surface area is 152 Å². The van der Waals surface area contributed by atoms with Crippen LogP contribution in [0.1, 0.15) is 24.2 Å². The van der Waals surface area contributed by atoms with E-state index in [0.29, 0.717) is 12.0 Å². The minimum Gasteiger partial charge on any atom is -0.454 e. The summed E-state index contributed by atoms with van der Waals surface area (Å²) in [7, 11) is 0. The van der Waals surface area contributed by atoms with E-state index in [1.165, 1.54) is 11.1 Å². The maximum Gasteiger partial charge on any atom is 0.231 e. The molecule has 2 nitrogen and oxygen atoms in total. The summed E-state index contributed by atoms with van der Waals surface area (Å²) in [4.78, 5) is 1.16. The van der Waals surface area contributed by atoms with Crippen molar-refractivity contribution in [3.63, 3.8) is 0 Å². The number of hydrogen-bond donors (Lipinski definition) is 0. The van der Waals surface area contributed by atoms with Gasteiger partial charge in [0, 0.05) is 10.1 Å². The average molecular weight is 347 g/mol. The van der Waals surface area contributed by atoms with Gasteiger partial charge in [-0.25, -0.2) is 0 Å². The first-order chi connectivity index (χ1) is 12.3. The van der Waals surface area contributed by atoms with Gasteiger partial charge in [-0.15, -0.1) is 11.8 Å². The van der Waals surface area contributed by atoms with Crippen molar-refractivity contribution in [2.45, 2.75) is 23.5 Å². The highest BCUT2D eigenvalue weighted by molar-refractivity contribution is 7.99. The van der Waals surface area contributed by atoms with Gasteiger partial charge in [0.05, 0.1) is 0 Å². The van der Waals surface area contributed by atoms with E-state index < -0.39 is 0 Å². The van der Waals surface area contributed by atoms with Crippen molar-refractivity contribution in [1.82, 2.24) is 0 Å². The maximum atomic E-state index is 5.53. The summed E-state index contributed by atoms with van der Waals surface area (Å²) >= 11 is 1.87. The summed E-state index contributed by atoms with van der Waals surface area (Å²) in [6, 6.07) is 26.4. The molecule has 25 heavy (non-hydrogen) atoms. The van der Waals surface area contributed by atoms with E-state index in [2.05, 4.69) is 61.5 Å². The van der Waals surface area contributed by atoms with Crippen molar-refractivity contribution in [3.8, 4) is 22.6 Å². The van der Waals surface area contributed by atoms with E-state index in [-0.39, 0.29) is 0 Å². The first-order valence-corrected chi connectivity index (χ1v) is 9.35. The quantitative estimate of drug-likeness (QED) is 0.518. The van der Waals surface area contributed by atoms with Gasteiger partial charge < -0.3 is 9.47 Å². The molecule has 0 aromatic heterocycles. The Morgan fingerprint density at radius 1 is 1.00 bits per heavy atom. The molecule has 0 N–H and O–H groups in total. The Hall–Kier alpha value is -2.39. The standard InChI is InChI=1S/C22H19O2S/c1-2-21(16-8-4-3-5-9-16)25-22-11-7-6-10-18(22)17-12-13-19-20(14-17)24-15-23-19/h3-10,12-14,21H,2,15H2,1H3. The normalized spacial score (nSPS) is 13.6. The highest BCUT2D eigenvalue weighted by atomic mass is 32.2. The number of ether oxygens (including phenoxy) is 2. The van der Waals surface area contributed by atoms with Crippen molar-refractivity contribution in [1.29, 1.82) is 0 Å². The van der Waals surface area contributed by atoms with Gasteiger partial charge in [-0.05, 0) is 41.3 Å². The molecule has 1 aliphatic heterocycles. The highest BCUT2D eigenvalue weighted by Crippen LogP contribution is 2.43. The van der Waals surface area contributed by atoms with Crippen LogP contribution in [0.3, 0.4) is 0 Å². The Balaban J connectivity index is 1.67. The minimum atomic E-state index is 0.299. The largest absolute Gasteiger partial charge is 0.454 e. The van der Waals surface area contributed by atoms with Crippen LogP contribution in [-0.2, 0) is 0 Å². The summed E-state index contributed by atoms with van der Waals surface area (Å²) in [6.45, 7) is 2.53. The third kappa shape index (κ3) is 3.38. The molecule has 0 bridgehead atoms. The Kier molecular flexibility index (Phi) is 4.66. The van der Waals surface area contributed by atoms with Gasteiger partial charge in [-0.3, -0.25) is 0 Å². The SMILES string of the molecule is CCC(Sc1[c]cccc1-c1ccc2c(c1)OCO2)c1ccccc1. The van der Waals surface area contributed by atoms with Crippen LogP contribution in [-0.4, -0.2) is 6.79 Å². The average Bonchev–Trinajstić information content (AvgIpc) is 3.15. The second kappa shape index (κ2) is 7.24. The van der Waals surface area contributed by atoms with E-state index >= 15 is 0 Å². The van der Waals surface area contributed by atoms with E-state index in [4.69, 9.17) is 9.47 Å². The molecular weight excluding hydrogens is 328 g/mol. The molecule has 125 valence electrons. The number of benzene rings is 3. The summed E-state index contributed by atoms with van der Waals surface area (Å²) in [5, 5.41) is 0.410. The molecule has 1 heterocycles. The Morgan fingerprint density at radius 2 is 1.84 bits per heavy atom. The Morgan fingerprint density at radius 3 is 2.68 bits per heavy atom. The van der Waals surface area contributed by atoms with Crippen molar-refractivity contribution in [2.24, 2.45) is 0 Å². The van der Waals surface area contributed by atoms with Gasteiger partial charge in [-0.1, -0.05) is 61.5 Å². The maximum absolute atomic E-state index is 5.53. The van der Waals surface area contributed by atoms with Crippen molar-refractivity contribution in [2.75, 3.05) is 6.79 Å². The highest BCUT2D eigenvalue weighted by Gasteiger charge is 2.17. The first kappa shape index (κ1) is 16.1. The molecule has 3 aromatic rings. The van der Waals surface area contributed by atoms with Crippen LogP contribution < -0.4 is 9.47 Å². The molecule has 1 unspecified atom stereocenters. The molecule has 0 saturated heterocycles. The molecule has 0 aliphatic carbocycles. The third-order valence-electron chi connectivity index (χ3n) is 4.30. The van der Waals surface area contributed by atoms with E-state index in [1.807, 2.05) is 30.0 Å². The zero-order valence-corrected chi connectivity index (χ0v) is 14.9. The van der Waals surface area contributed by atoms with Gasteiger partial charge in [0.1, 0.15) is 0 Å². The fraction of sp³-hybridized carbons (Fsp3) is 0.182. The van der Waals surface area contributed by atoms with Gasteiger partial charge in [-0.2, -0.15) is 0 Å². The molecule has 1 atom stereocenters. The van der Waals surface area contributed by atoms with Gasteiger partial charge in [0.25, 0.3) is 0 Å².